The van der Waals surface area contributed by atoms with Crippen molar-refractivity contribution in [2.75, 3.05) is 5.73 Å². The Morgan fingerprint density at radius 3 is 2.67 bits per heavy atom. The maximum Gasteiger partial charge on any atom is 0.214 e. The molecule has 2 aromatic heterocycles. The monoisotopic (exact) mass is 239 g/mol. The summed E-state index contributed by atoms with van der Waals surface area (Å²) >= 11 is 5.74. The molecule has 2 N–H and O–H groups in total. The van der Waals surface area contributed by atoms with Crippen LogP contribution in [0.1, 0.15) is 0 Å². The van der Waals surface area contributed by atoms with Gasteiger partial charge in [-0.2, -0.15) is 0 Å². The molecule has 5 rings (SSSR count). The summed E-state index contributed by atoms with van der Waals surface area (Å²) in [5.41, 5.74) is 6.15. The Hall–Kier alpha value is -1.32. The van der Waals surface area contributed by atoms with E-state index in [9.17, 15) is 4.57 Å². The van der Waals surface area contributed by atoms with Crippen molar-refractivity contribution in [3.63, 3.8) is 0 Å². The Kier molecular flexibility index (Phi) is 1.03. The topological polar surface area (TPSA) is 82.0 Å². The van der Waals surface area contributed by atoms with Gasteiger partial charge in [0.05, 0.1) is 10.6 Å². The number of halogens is 1. The van der Waals surface area contributed by atoms with E-state index in [2.05, 4.69) is 9.97 Å². The van der Waals surface area contributed by atoms with Crippen molar-refractivity contribution in [3.8, 4) is 11.6 Å². The van der Waals surface area contributed by atoms with E-state index in [0.29, 0.717) is 17.1 Å². The van der Waals surface area contributed by atoms with Gasteiger partial charge in [-0.05, 0) is 0 Å². The third-order valence-corrected chi connectivity index (χ3v) is 5.32. The van der Waals surface area contributed by atoms with Crippen LogP contribution in [-0.2, 0) is 4.57 Å². The summed E-state index contributed by atoms with van der Waals surface area (Å²) in [6.07, 6.45) is 0. The molecule has 5 heterocycles. The molecule has 0 fully saturated rings. The van der Waals surface area contributed by atoms with E-state index >= 15 is 0 Å². The summed E-state index contributed by atoms with van der Waals surface area (Å²) in [5, 5.41) is 1.90. The van der Waals surface area contributed by atoms with Crippen LogP contribution < -0.4 is 21.8 Å². The highest BCUT2D eigenvalue weighted by Gasteiger charge is 2.75. The maximum absolute atomic E-state index is 11.7. The number of hydrogen-bond donors (Lipinski definition) is 1. The van der Waals surface area contributed by atoms with Crippen molar-refractivity contribution in [2.45, 2.75) is 0 Å². The lowest BCUT2D eigenvalue weighted by molar-refractivity contribution is 0.590. The normalized spacial score (nSPS) is 23.8. The molecular weight excluding hydrogens is 237 g/mol. The van der Waals surface area contributed by atoms with Gasteiger partial charge in [0.15, 0.2) is 17.1 Å². The minimum absolute atomic E-state index is 0.251. The van der Waals surface area contributed by atoms with Crippen molar-refractivity contribution >= 4 is 40.7 Å². The molecule has 0 aliphatic carbocycles. The molecule has 7 heteroatoms. The van der Waals surface area contributed by atoms with Crippen molar-refractivity contribution in [1.29, 1.82) is 0 Å². The quantitative estimate of drug-likeness (QED) is 0.380. The predicted molar refractivity (Wildman–Crippen MR) is 55.7 cm³/mol. The highest BCUT2D eigenvalue weighted by molar-refractivity contribution is 8.06. The summed E-state index contributed by atoms with van der Waals surface area (Å²) in [4.78, 5) is 7.97. The number of aromatic nitrogens is 2. The predicted octanol–water partition coefficient (Wildman–Crippen LogP) is 0.238. The summed E-state index contributed by atoms with van der Waals surface area (Å²) in [7, 11) is -2.22. The van der Waals surface area contributed by atoms with Crippen LogP contribution in [0.15, 0.2) is 10.5 Å². The number of nitrogen functional groups attached to an aromatic ring is 1. The van der Waals surface area contributed by atoms with Gasteiger partial charge in [0.2, 0.25) is 7.14 Å². The van der Waals surface area contributed by atoms with Gasteiger partial charge >= 0.3 is 0 Å². The lowest BCUT2D eigenvalue weighted by Crippen LogP contribution is -2.00. The highest BCUT2D eigenvalue weighted by atomic mass is 35.5. The van der Waals surface area contributed by atoms with Crippen LogP contribution in [0, 0.1) is 0 Å². The number of furan rings is 1. The molecule has 3 aliphatic heterocycles. The number of nitrogens with two attached hydrogens (primary N) is 1. The van der Waals surface area contributed by atoms with Gasteiger partial charge in [0, 0.05) is 6.07 Å². The van der Waals surface area contributed by atoms with Crippen molar-refractivity contribution < 1.29 is 8.98 Å². The minimum Gasteiger partial charge on any atom is -0.447 e. The van der Waals surface area contributed by atoms with Gasteiger partial charge in [-0.1, -0.05) is 11.6 Å². The summed E-state index contributed by atoms with van der Waals surface area (Å²) in [5.74, 6) is 1.06. The molecular formula is C8H3ClN3O2P. The third-order valence-electron chi connectivity index (χ3n) is 2.57. The van der Waals surface area contributed by atoms with Gasteiger partial charge in [-0.25, -0.2) is 9.97 Å². The fourth-order valence-corrected chi connectivity index (χ4v) is 4.46. The van der Waals surface area contributed by atoms with E-state index in [4.69, 9.17) is 21.8 Å². The third kappa shape index (κ3) is 0.724. The fraction of sp³-hybridized carbons (Fsp3) is 0. The minimum atomic E-state index is -2.22. The molecule has 5 nitrogen and oxygen atoms in total. The van der Waals surface area contributed by atoms with Crippen LogP contribution in [-0.4, -0.2) is 9.97 Å². The van der Waals surface area contributed by atoms with E-state index in [0.717, 1.165) is 10.6 Å². The van der Waals surface area contributed by atoms with Crippen molar-refractivity contribution in [3.05, 3.63) is 11.2 Å². The van der Waals surface area contributed by atoms with Crippen LogP contribution in [0.2, 0.25) is 5.15 Å². The van der Waals surface area contributed by atoms with Crippen LogP contribution in [0.25, 0.3) is 11.6 Å². The first kappa shape index (κ1) is 7.91. The maximum atomic E-state index is 11.7. The van der Waals surface area contributed by atoms with Gasteiger partial charge in [-0.3, -0.25) is 0 Å². The molecule has 0 saturated carbocycles. The number of nitrogens with zero attached hydrogens (tertiary/aromatic N) is 2. The van der Waals surface area contributed by atoms with Gasteiger partial charge in [0.1, 0.15) is 11.0 Å². The van der Waals surface area contributed by atoms with E-state index < -0.39 is 7.14 Å². The number of rotatable bonds is 1. The van der Waals surface area contributed by atoms with Crippen LogP contribution >= 0.6 is 18.7 Å². The fourth-order valence-electron chi connectivity index (χ4n) is 1.79. The zero-order valence-corrected chi connectivity index (χ0v) is 8.84. The van der Waals surface area contributed by atoms with Crippen LogP contribution in [0.3, 0.4) is 0 Å². The molecule has 3 aliphatic rings. The van der Waals surface area contributed by atoms with E-state index in [1.165, 1.54) is 6.07 Å². The highest BCUT2D eigenvalue weighted by Crippen LogP contribution is 2.70. The Morgan fingerprint density at radius 2 is 2.13 bits per heavy atom. The Morgan fingerprint density at radius 1 is 1.40 bits per heavy atom. The molecule has 0 spiro atoms. The lowest BCUT2D eigenvalue weighted by atomic mass is 10.4. The van der Waals surface area contributed by atoms with Crippen LogP contribution in [0.4, 0.5) is 5.82 Å². The SMILES string of the molecule is Nc1cc(Cl)nc(-c2oc3c4c2P34=O)n1. The number of fused-ring (bicyclic) bond motifs is 1. The Balaban J connectivity index is 1.96. The largest absolute Gasteiger partial charge is 0.447 e. The van der Waals surface area contributed by atoms with Gasteiger partial charge in [-0.15, -0.1) is 0 Å². The molecule has 15 heavy (non-hydrogen) atoms. The van der Waals surface area contributed by atoms with Gasteiger partial charge in [0.25, 0.3) is 0 Å². The second-order valence-electron chi connectivity index (χ2n) is 3.48. The molecule has 2 bridgehead atoms. The van der Waals surface area contributed by atoms with Gasteiger partial charge < -0.3 is 14.7 Å². The average Bonchev–Trinajstić information content (AvgIpc) is 2.81. The molecule has 2 aromatic rings. The Bertz CT molecular complexity index is 664. The number of hydrogen-bond acceptors (Lipinski definition) is 5. The molecule has 0 radical (unpaired) electrons. The summed E-state index contributed by atoms with van der Waals surface area (Å²) < 4.78 is 17.0. The molecule has 1 atom stereocenters. The summed E-state index contributed by atoms with van der Waals surface area (Å²) in [6, 6.07) is 1.45. The molecule has 0 aromatic carbocycles. The first-order chi connectivity index (χ1) is 7.12. The molecule has 0 saturated heterocycles. The van der Waals surface area contributed by atoms with E-state index in [1.54, 1.807) is 0 Å². The standard InChI is InChI=1S/C8H3ClN3O2P/c9-2-1-3(10)12-7(11-2)4-5-6-8(14-4)15(5,6)13/h1H,(H2,10,11,12). The zero-order chi connectivity index (χ0) is 10.4. The molecule has 74 valence electrons. The smallest absolute Gasteiger partial charge is 0.214 e. The average molecular weight is 240 g/mol. The van der Waals surface area contributed by atoms with E-state index in [1.807, 2.05) is 0 Å². The van der Waals surface area contributed by atoms with E-state index in [-0.39, 0.29) is 11.0 Å². The van der Waals surface area contributed by atoms with Crippen LogP contribution in [0.5, 0.6) is 0 Å². The van der Waals surface area contributed by atoms with Crippen molar-refractivity contribution in [2.24, 2.45) is 0 Å². The first-order valence-corrected chi connectivity index (χ1v) is 6.30. The molecule has 1 unspecified atom stereocenters. The second kappa shape index (κ2) is 1.96. The second-order valence-corrected chi connectivity index (χ2v) is 6.39. The summed E-state index contributed by atoms with van der Waals surface area (Å²) in [6.45, 7) is 0. The Labute approximate surface area is 88.6 Å². The van der Waals surface area contributed by atoms with Crippen molar-refractivity contribution in [1.82, 2.24) is 9.97 Å². The molecule has 0 amide bonds. The first-order valence-electron chi connectivity index (χ1n) is 4.21. The zero-order valence-electron chi connectivity index (χ0n) is 7.19. The number of anilines is 1. The lowest BCUT2D eigenvalue weighted by Gasteiger charge is -1.97.